The van der Waals surface area contributed by atoms with Crippen molar-refractivity contribution in [2.24, 2.45) is 0 Å². The fourth-order valence-electron chi connectivity index (χ4n) is 5.53. The van der Waals surface area contributed by atoms with Gasteiger partial charge in [-0.3, -0.25) is 0 Å². The van der Waals surface area contributed by atoms with E-state index in [0.29, 0.717) is 68.6 Å². The Bertz CT molecular complexity index is 1900. The van der Waals surface area contributed by atoms with Gasteiger partial charge in [-0.05, 0) is 71.8 Å². The summed E-state index contributed by atoms with van der Waals surface area (Å²) in [5.74, 6) is 0.903. The molecule has 2 heterocycles. The van der Waals surface area contributed by atoms with Crippen LogP contribution in [-0.4, -0.2) is 65.7 Å². The fraction of sp³-hybridized carbons (Fsp3) is 0.263. The molecule has 0 bridgehead atoms. The third kappa shape index (κ3) is 10.7. The average Bonchev–Trinajstić information content (AvgIpc) is 3.20. The van der Waals surface area contributed by atoms with Crippen molar-refractivity contribution in [3.05, 3.63) is 105 Å². The monoisotopic (exact) mass is 772 g/mol. The molecule has 2 aliphatic rings. The van der Waals surface area contributed by atoms with Gasteiger partial charge in [-0.1, -0.05) is 35.3 Å². The van der Waals surface area contributed by atoms with Crippen molar-refractivity contribution in [1.82, 2.24) is 10.6 Å². The Morgan fingerprint density at radius 1 is 0.648 bits per heavy atom. The zero-order chi connectivity index (χ0) is 38.5. The van der Waals surface area contributed by atoms with E-state index in [2.05, 4.69) is 31.9 Å². The maximum Gasteiger partial charge on any atom is 0.323 e. The highest BCUT2D eigenvalue weighted by molar-refractivity contribution is 6.34. The Balaban J connectivity index is 0.000000208. The summed E-state index contributed by atoms with van der Waals surface area (Å²) < 4.78 is 21.8. The minimum absolute atomic E-state index is 0.0582. The van der Waals surface area contributed by atoms with Crippen molar-refractivity contribution in [3.63, 3.8) is 0 Å². The number of carbonyl (C=O) groups excluding carboxylic acids is 2. The molecule has 0 radical (unpaired) electrons. The molecule has 0 spiro atoms. The summed E-state index contributed by atoms with van der Waals surface area (Å²) in [5, 5.41) is 36.1. The zero-order valence-corrected chi connectivity index (χ0v) is 30.9. The Kier molecular flexibility index (Phi) is 14.3. The Morgan fingerprint density at radius 2 is 1.06 bits per heavy atom. The lowest BCUT2D eigenvalue weighted by molar-refractivity contribution is 0.0276. The van der Waals surface area contributed by atoms with E-state index in [1.165, 1.54) is 26.4 Å². The summed E-state index contributed by atoms with van der Waals surface area (Å²) in [6.45, 7) is 4.40. The first-order valence-electron chi connectivity index (χ1n) is 16.8. The third-order valence-corrected chi connectivity index (χ3v) is 8.86. The molecule has 2 aliphatic heterocycles. The van der Waals surface area contributed by atoms with E-state index in [1.807, 2.05) is 24.3 Å². The number of benzene rings is 4. The molecule has 0 saturated carbocycles. The number of nitriles is 2. The highest BCUT2D eigenvalue weighted by Gasteiger charge is 2.19. The van der Waals surface area contributed by atoms with Crippen LogP contribution in [0.1, 0.15) is 34.5 Å². The summed E-state index contributed by atoms with van der Waals surface area (Å²) in [6.07, 6.45) is -0.116. The maximum atomic E-state index is 12.3. The minimum Gasteiger partial charge on any atom is -0.495 e. The van der Waals surface area contributed by atoms with Crippen LogP contribution >= 0.6 is 23.2 Å². The Hall–Kier alpha value is -5.58. The number of hydrogen-bond donors (Lipinski definition) is 6. The molecule has 4 aromatic rings. The SMILES string of the molecule is COc1ccc(C#N)cc1NC(=O)Nc1ccc([C@@H]2CNCCO2)cc1Cl.COc1ccc(C#N)cc1NC(=O)Nc1ccc([C@H]2CNCCO2)cc1Cl. The van der Waals surface area contributed by atoms with Crippen LogP contribution in [0.2, 0.25) is 10.0 Å². The number of rotatable bonds is 8. The van der Waals surface area contributed by atoms with Gasteiger partial charge >= 0.3 is 12.1 Å². The maximum absolute atomic E-state index is 12.3. The molecule has 54 heavy (non-hydrogen) atoms. The van der Waals surface area contributed by atoms with Crippen LogP contribution < -0.4 is 41.4 Å². The Labute approximate surface area is 322 Å². The van der Waals surface area contributed by atoms with Crippen molar-refractivity contribution in [1.29, 1.82) is 10.5 Å². The summed E-state index contributed by atoms with van der Waals surface area (Å²) in [6, 6.07) is 23.4. The normalized spacial score (nSPS) is 16.3. The first kappa shape index (κ1) is 39.6. The largest absolute Gasteiger partial charge is 0.495 e. The highest BCUT2D eigenvalue weighted by Crippen LogP contribution is 2.31. The number of amides is 4. The molecule has 6 rings (SSSR count). The predicted octanol–water partition coefficient (Wildman–Crippen LogP) is 7.05. The molecule has 4 aromatic carbocycles. The van der Waals surface area contributed by atoms with Crippen LogP contribution in [0.4, 0.5) is 32.3 Å². The fourth-order valence-corrected chi connectivity index (χ4v) is 6.00. The van der Waals surface area contributed by atoms with Gasteiger partial charge in [0.25, 0.3) is 0 Å². The lowest BCUT2D eigenvalue weighted by Crippen LogP contribution is -2.33. The molecule has 2 atom stereocenters. The second kappa shape index (κ2) is 19.5. The van der Waals surface area contributed by atoms with Crippen LogP contribution in [0.15, 0.2) is 72.8 Å². The van der Waals surface area contributed by atoms with E-state index in [9.17, 15) is 9.59 Å². The minimum atomic E-state index is -0.492. The zero-order valence-electron chi connectivity index (χ0n) is 29.4. The van der Waals surface area contributed by atoms with E-state index in [0.717, 1.165) is 37.3 Å². The number of halogens is 2. The van der Waals surface area contributed by atoms with Gasteiger partial charge in [0.05, 0.1) is 95.7 Å². The van der Waals surface area contributed by atoms with Crippen molar-refractivity contribution in [2.75, 3.05) is 74.9 Å². The van der Waals surface area contributed by atoms with Gasteiger partial charge in [0.2, 0.25) is 0 Å². The molecule has 6 N–H and O–H groups in total. The molecule has 16 heteroatoms. The average molecular weight is 774 g/mol. The molecule has 280 valence electrons. The van der Waals surface area contributed by atoms with Crippen LogP contribution in [-0.2, 0) is 9.47 Å². The van der Waals surface area contributed by atoms with E-state index >= 15 is 0 Å². The first-order valence-corrected chi connectivity index (χ1v) is 17.5. The number of nitrogens with zero attached hydrogens (tertiary/aromatic N) is 2. The molecule has 2 fully saturated rings. The molecule has 4 amide bonds. The number of nitrogens with one attached hydrogen (secondary N) is 6. The number of urea groups is 2. The van der Waals surface area contributed by atoms with Gasteiger partial charge in [-0.15, -0.1) is 0 Å². The molecular weight excluding hydrogens is 735 g/mol. The molecular formula is C38H38Cl2N8O6. The summed E-state index contributed by atoms with van der Waals surface area (Å²) in [7, 11) is 2.98. The highest BCUT2D eigenvalue weighted by atomic mass is 35.5. The molecule has 14 nitrogen and oxygen atoms in total. The summed E-state index contributed by atoms with van der Waals surface area (Å²) in [5.41, 5.74) is 4.44. The van der Waals surface area contributed by atoms with Gasteiger partial charge in [-0.25, -0.2) is 9.59 Å². The second-order valence-electron chi connectivity index (χ2n) is 11.8. The molecule has 0 unspecified atom stereocenters. The number of methoxy groups -OCH3 is 2. The van der Waals surface area contributed by atoms with Gasteiger partial charge in [0.1, 0.15) is 11.5 Å². The van der Waals surface area contributed by atoms with Crippen LogP contribution in [0.25, 0.3) is 0 Å². The number of morpholine rings is 2. The topological polar surface area (TPSA) is 191 Å². The smallest absolute Gasteiger partial charge is 0.323 e. The predicted molar refractivity (Wildman–Crippen MR) is 207 cm³/mol. The summed E-state index contributed by atoms with van der Waals surface area (Å²) >= 11 is 12.6. The van der Waals surface area contributed by atoms with Crippen LogP contribution in [0.5, 0.6) is 11.5 Å². The van der Waals surface area contributed by atoms with Gasteiger partial charge < -0.3 is 50.8 Å². The van der Waals surface area contributed by atoms with Crippen molar-refractivity contribution in [2.45, 2.75) is 12.2 Å². The number of ether oxygens (including phenoxy) is 4. The van der Waals surface area contributed by atoms with Gasteiger partial charge in [-0.2, -0.15) is 10.5 Å². The van der Waals surface area contributed by atoms with E-state index in [4.69, 9.17) is 52.7 Å². The van der Waals surface area contributed by atoms with Crippen molar-refractivity contribution < 1.29 is 28.5 Å². The van der Waals surface area contributed by atoms with Crippen LogP contribution in [0, 0.1) is 22.7 Å². The molecule has 2 saturated heterocycles. The molecule has 0 aliphatic carbocycles. The first-order chi connectivity index (χ1) is 26.2. The lowest BCUT2D eigenvalue weighted by atomic mass is 10.1. The quantitative estimate of drug-likeness (QED) is 0.108. The third-order valence-electron chi connectivity index (χ3n) is 8.24. The van der Waals surface area contributed by atoms with Crippen LogP contribution in [0.3, 0.4) is 0 Å². The van der Waals surface area contributed by atoms with Crippen molar-refractivity contribution >= 4 is 58.0 Å². The number of hydrogen-bond acceptors (Lipinski definition) is 10. The van der Waals surface area contributed by atoms with Crippen molar-refractivity contribution in [3.8, 4) is 23.6 Å². The lowest BCUT2D eigenvalue weighted by Gasteiger charge is -2.24. The van der Waals surface area contributed by atoms with Gasteiger partial charge in [0, 0.05) is 26.2 Å². The van der Waals surface area contributed by atoms with E-state index in [1.54, 1.807) is 48.5 Å². The Morgan fingerprint density at radius 3 is 1.39 bits per heavy atom. The van der Waals surface area contributed by atoms with E-state index in [-0.39, 0.29) is 12.2 Å². The standard InChI is InChI=1S/2C19H19ClN4O3/c2*1-26-17-5-2-12(10-21)8-16(17)24-19(25)23-15-4-3-13(9-14(15)20)18-11-22-6-7-27-18/h2*2-5,8-9,18,22H,6-7,11H2,1H3,(H2,23,24,25)/t2*18-/m10/s1. The van der Waals surface area contributed by atoms with E-state index < -0.39 is 12.1 Å². The number of carbonyl (C=O) groups is 2. The number of anilines is 4. The summed E-state index contributed by atoms with van der Waals surface area (Å²) in [4.78, 5) is 24.7. The second-order valence-corrected chi connectivity index (χ2v) is 12.6. The molecule has 0 aromatic heterocycles. The van der Waals surface area contributed by atoms with Gasteiger partial charge in [0.15, 0.2) is 0 Å².